The Hall–Kier alpha value is -4.40. The first-order valence-corrected chi connectivity index (χ1v) is 19.1. The van der Waals surface area contributed by atoms with E-state index >= 15 is 0 Å². The van der Waals surface area contributed by atoms with Crippen molar-refractivity contribution in [3.8, 4) is 11.5 Å². The Bertz CT molecular complexity index is 2120. The van der Waals surface area contributed by atoms with Gasteiger partial charge < -0.3 is 24.5 Å². The molecule has 0 radical (unpaired) electrons. The predicted octanol–water partition coefficient (Wildman–Crippen LogP) is 6.08. The number of thiazole rings is 1. The van der Waals surface area contributed by atoms with Crippen LogP contribution in [0.25, 0.3) is 0 Å². The number of imide groups is 1. The molecule has 3 amide bonds. The van der Waals surface area contributed by atoms with E-state index in [0.29, 0.717) is 28.4 Å². The third kappa shape index (κ3) is 5.77. The number of aromatic amines is 1. The minimum absolute atomic E-state index is 0.0146. The number of methoxy groups -OCH3 is 1. The Morgan fingerprint density at radius 1 is 0.980 bits per heavy atom. The molecule has 4 aliphatic rings. The van der Waals surface area contributed by atoms with E-state index in [4.69, 9.17) is 14.2 Å². The SMILES string of the molecule is CCOC(=O)c1ccc(NC(=O)COc2ccc(Br)cc2[C@H]2c3sc(=O)[nH]c3SC3C2[C@H]2C[C@@H]3C3C(=O)N(c4ccc(OC)cc4)C(=O)C32)cc1. The molecule has 11 nitrogen and oxygen atoms in total. The number of hydrogen-bond acceptors (Lipinski definition) is 10. The van der Waals surface area contributed by atoms with Crippen molar-refractivity contribution >= 4 is 74.1 Å². The third-order valence-corrected chi connectivity index (χ3v) is 13.5. The lowest BCUT2D eigenvalue weighted by Crippen LogP contribution is -2.42. The van der Waals surface area contributed by atoms with Crippen LogP contribution < -0.4 is 24.6 Å². The zero-order chi connectivity index (χ0) is 35.6. The van der Waals surface area contributed by atoms with E-state index in [-0.39, 0.29) is 58.8 Å². The maximum atomic E-state index is 14.2. The molecule has 1 saturated heterocycles. The number of rotatable bonds is 9. The summed E-state index contributed by atoms with van der Waals surface area (Å²) in [5.41, 5.74) is 2.21. The zero-order valence-electron chi connectivity index (χ0n) is 27.4. The van der Waals surface area contributed by atoms with Crippen molar-refractivity contribution in [2.45, 2.75) is 29.5 Å². The molecule has 2 saturated carbocycles. The molecule has 2 N–H and O–H groups in total. The molecule has 4 unspecified atom stereocenters. The maximum Gasteiger partial charge on any atom is 0.338 e. The van der Waals surface area contributed by atoms with E-state index in [9.17, 15) is 24.0 Å². The zero-order valence-corrected chi connectivity index (χ0v) is 30.6. The van der Waals surface area contributed by atoms with Gasteiger partial charge in [-0.15, -0.1) is 11.8 Å². The number of halogens is 1. The van der Waals surface area contributed by atoms with Crippen molar-refractivity contribution in [1.82, 2.24) is 4.98 Å². The van der Waals surface area contributed by atoms with E-state index in [0.717, 1.165) is 37.7 Å². The number of benzene rings is 3. The number of thioether (sulfide) groups is 1. The normalized spacial score (nSPS) is 25.6. The van der Waals surface area contributed by atoms with E-state index in [1.165, 1.54) is 4.90 Å². The number of nitrogens with zero attached hydrogens (tertiary/aromatic N) is 1. The molecule has 2 bridgehead atoms. The number of anilines is 2. The molecule has 4 aromatic rings. The molecule has 1 aromatic heterocycles. The van der Waals surface area contributed by atoms with Crippen LogP contribution in [0.15, 0.2) is 81.0 Å². The van der Waals surface area contributed by atoms with Gasteiger partial charge in [0.15, 0.2) is 6.61 Å². The number of carbonyl (C=O) groups is 4. The van der Waals surface area contributed by atoms with Gasteiger partial charge in [-0.3, -0.25) is 24.1 Å². The molecular formula is C37H32BrN3O8S2. The van der Waals surface area contributed by atoms with E-state index in [1.807, 2.05) is 12.1 Å². The summed E-state index contributed by atoms with van der Waals surface area (Å²) in [6.07, 6.45) is 0.739. The van der Waals surface area contributed by atoms with Gasteiger partial charge in [0.05, 0.1) is 41.8 Å². The van der Waals surface area contributed by atoms with Crippen LogP contribution in [-0.2, 0) is 19.1 Å². The molecule has 2 aliphatic carbocycles. The summed E-state index contributed by atoms with van der Waals surface area (Å²) in [5.74, 6) is -1.48. The Labute approximate surface area is 309 Å². The average Bonchev–Trinajstić information content (AvgIpc) is 3.87. The maximum absolute atomic E-state index is 14.2. The molecule has 3 heterocycles. The Balaban J connectivity index is 1.08. The quantitative estimate of drug-likeness (QED) is 0.152. The molecule has 7 atom stereocenters. The number of esters is 1. The lowest BCUT2D eigenvalue weighted by Gasteiger charge is -2.43. The van der Waals surface area contributed by atoms with Crippen LogP contribution in [0, 0.1) is 29.6 Å². The summed E-state index contributed by atoms with van der Waals surface area (Å²) < 4.78 is 17.3. The third-order valence-electron chi connectivity index (χ3n) is 10.4. The van der Waals surface area contributed by atoms with Crippen molar-refractivity contribution in [2.75, 3.05) is 30.5 Å². The number of H-pyrrole nitrogens is 1. The first-order valence-electron chi connectivity index (χ1n) is 16.6. The molecule has 2 aliphatic heterocycles. The van der Waals surface area contributed by atoms with Gasteiger partial charge in [0.1, 0.15) is 11.5 Å². The number of nitrogens with one attached hydrogen (secondary N) is 2. The van der Waals surface area contributed by atoms with Gasteiger partial charge in [0, 0.05) is 31.8 Å². The van der Waals surface area contributed by atoms with Crippen molar-refractivity contribution in [3.05, 3.63) is 96.9 Å². The van der Waals surface area contributed by atoms with Crippen molar-refractivity contribution in [1.29, 1.82) is 0 Å². The first-order chi connectivity index (χ1) is 24.7. The minimum atomic E-state index is -0.469. The lowest BCUT2D eigenvalue weighted by atomic mass is 9.68. The van der Waals surface area contributed by atoms with E-state index in [1.54, 1.807) is 80.4 Å². The van der Waals surface area contributed by atoms with Gasteiger partial charge in [-0.25, -0.2) is 4.79 Å². The van der Waals surface area contributed by atoms with Gasteiger partial charge in [-0.05, 0) is 97.8 Å². The van der Waals surface area contributed by atoms with Crippen molar-refractivity contribution in [2.24, 2.45) is 29.6 Å². The molecule has 51 heavy (non-hydrogen) atoms. The van der Waals surface area contributed by atoms with Crippen LogP contribution in [0.3, 0.4) is 0 Å². The number of fused-ring (bicyclic) bond motifs is 9. The Kier molecular flexibility index (Phi) is 8.79. The van der Waals surface area contributed by atoms with Crippen molar-refractivity contribution in [3.63, 3.8) is 0 Å². The summed E-state index contributed by atoms with van der Waals surface area (Å²) in [6.45, 7) is 1.71. The Morgan fingerprint density at radius 3 is 2.41 bits per heavy atom. The fourth-order valence-corrected chi connectivity index (χ4v) is 11.7. The highest BCUT2D eigenvalue weighted by molar-refractivity contribution is 9.10. The largest absolute Gasteiger partial charge is 0.497 e. The molecule has 262 valence electrons. The standard InChI is InChI=1S/C37H32BrN3O8S2/c1-3-48-36(45)17-4-7-19(8-5-17)39-26(42)16-49-25-13-6-18(38)14-22(25)27-28-23-15-24(31(28)50-33-32(27)51-37(46)40-33)30-29(23)34(43)41(35(30)44)20-9-11-21(47-2)12-10-20/h4-14,23-24,27-31H,3,15-16H2,1-2H3,(H,39,42)(H,40,46)/t23-,24-,27-,28?,29?,30?,31?/m1/s1. The fourth-order valence-electron chi connectivity index (χ4n) is 8.49. The number of ether oxygens (including phenoxy) is 3. The molecule has 14 heteroatoms. The topological polar surface area (TPSA) is 144 Å². The van der Waals surface area contributed by atoms with Crippen LogP contribution in [0.4, 0.5) is 11.4 Å². The van der Waals surface area contributed by atoms with Gasteiger partial charge in [-0.2, -0.15) is 0 Å². The minimum Gasteiger partial charge on any atom is -0.497 e. The van der Waals surface area contributed by atoms with Crippen LogP contribution in [0.5, 0.6) is 11.5 Å². The molecule has 0 spiro atoms. The van der Waals surface area contributed by atoms with Gasteiger partial charge in [0.25, 0.3) is 5.91 Å². The second-order valence-corrected chi connectivity index (χ2v) is 16.1. The second-order valence-electron chi connectivity index (χ2n) is 13.0. The highest BCUT2D eigenvalue weighted by Crippen LogP contribution is 2.69. The van der Waals surface area contributed by atoms with Crippen molar-refractivity contribution < 1.29 is 33.4 Å². The smallest absolute Gasteiger partial charge is 0.338 e. The van der Waals surface area contributed by atoms with Crippen LogP contribution >= 0.6 is 39.0 Å². The monoisotopic (exact) mass is 789 g/mol. The lowest BCUT2D eigenvalue weighted by molar-refractivity contribution is -0.123. The fraction of sp³-hybridized carbons (Fsp3) is 0.324. The molecule has 8 rings (SSSR count). The molecular weight excluding hydrogens is 758 g/mol. The highest BCUT2D eigenvalue weighted by Gasteiger charge is 2.70. The number of amides is 3. The van der Waals surface area contributed by atoms with Crippen LogP contribution in [0.2, 0.25) is 0 Å². The summed E-state index contributed by atoms with van der Waals surface area (Å²) >= 11 is 6.39. The highest BCUT2D eigenvalue weighted by atomic mass is 79.9. The van der Waals surface area contributed by atoms with Gasteiger partial charge >= 0.3 is 10.8 Å². The summed E-state index contributed by atoms with van der Waals surface area (Å²) in [7, 11) is 1.57. The summed E-state index contributed by atoms with van der Waals surface area (Å²) in [4.78, 5) is 71.1. The van der Waals surface area contributed by atoms with E-state index in [2.05, 4.69) is 26.2 Å². The van der Waals surface area contributed by atoms with Gasteiger partial charge in [-0.1, -0.05) is 27.3 Å². The average molecular weight is 791 g/mol. The number of carbonyl (C=O) groups excluding carboxylic acids is 4. The Morgan fingerprint density at radius 2 is 1.71 bits per heavy atom. The summed E-state index contributed by atoms with van der Waals surface area (Å²) in [5, 5.41) is 3.57. The summed E-state index contributed by atoms with van der Waals surface area (Å²) in [6, 6.07) is 19.0. The first kappa shape index (κ1) is 33.7. The number of aromatic nitrogens is 1. The second kappa shape index (κ2) is 13.3. The molecule has 3 fully saturated rings. The van der Waals surface area contributed by atoms with Crippen LogP contribution in [0.1, 0.15) is 40.1 Å². The molecule has 3 aromatic carbocycles. The number of hydrogen-bond donors (Lipinski definition) is 2. The van der Waals surface area contributed by atoms with Crippen LogP contribution in [-0.4, -0.2) is 54.2 Å². The predicted molar refractivity (Wildman–Crippen MR) is 195 cm³/mol. The van der Waals surface area contributed by atoms with Gasteiger partial charge in [0.2, 0.25) is 11.8 Å². The van der Waals surface area contributed by atoms with E-state index < -0.39 is 23.7 Å².